The number of anilines is 1. The Morgan fingerprint density at radius 3 is 2.69 bits per heavy atom. The van der Waals surface area contributed by atoms with E-state index in [1.54, 1.807) is 0 Å². The van der Waals surface area contributed by atoms with Gasteiger partial charge in [-0.15, -0.1) is 0 Å². The Labute approximate surface area is 175 Å². The van der Waals surface area contributed by atoms with Gasteiger partial charge < -0.3 is 20.1 Å². The van der Waals surface area contributed by atoms with E-state index in [4.69, 9.17) is 4.74 Å². The Hall–Kier alpha value is -2.04. The van der Waals surface area contributed by atoms with Crippen LogP contribution in [0.15, 0.2) is 53.3 Å². The van der Waals surface area contributed by atoms with E-state index in [0.29, 0.717) is 18.5 Å². The number of benzene rings is 1. The Balaban J connectivity index is 1.63. The van der Waals surface area contributed by atoms with Crippen LogP contribution in [-0.2, 0) is 4.74 Å². The summed E-state index contributed by atoms with van der Waals surface area (Å²) in [6.07, 6.45) is 8.37. The third kappa shape index (κ3) is 4.76. The lowest BCUT2D eigenvalue weighted by Gasteiger charge is -2.42. The minimum absolute atomic E-state index is 0.325. The smallest absolute Gasteiger partial charge is 0.131 e. The summed E-state index contributed by atoms with van der Waals surface area (Å²) < 4.78 is 6.18. The van der Waals surface area contributed by atoms with Crippen LogP contribution in [-0.4, -0.2) is 22.9 Å². The summed E-state index contributed by atoms with van der Waals surface area (Å²) in [5.41, 5.74) is 4.45. The molecule has 0 saturated carbocycles. The normalized spacial score (nSPS) is 23.3. The zero-order chi connectivity index (χ0) is 21.2. The fourth-order valence-corrected chi connectivity index (χ4v) is 4.19. The molecule has 1 N–H and O–H groups in total. The highest BCUT2D eigenvalue weighted by atomic mass is 16.5. The summed E-state index contributed by atoms with van der Waals surface area (Å²) in [5, 5.41) is 24.8. The molecule has 4 nitrogen and oxygen atoms in total. The van der Waals surface area contributed by atoms with Gasteiger partial charge in [0.1, 0.15) is 11.9 Å². The maximum absolute atomic E-state index is 12.6. The highest BCUT2D eigenvalue weighted by Gasteiger charge is 2.43. The van der Waals surface area contributed by atoms with Gasteiger partial charge in [0.25, 0.3) is 0 Å². The summed E-state index contributed by atoms with van der Waals surface area (Å²) in [4.78, 5) is 0. The van der Waals surface area contributed by atoms with Crippen LogP contribution in [0.5, 0.6) is 0 Å². The van der Waals surface area contributed by atoms with Crippen molar-refractivity contribution in [3.8, 4) is 0 Å². The minimum atomic E-state index is -0.948. The maximum Gasteiger partial charge on any atom is 0.131 e. The van der Waals surface area contributed by atoms with Crippen molar-refractivity contribution in [2.45, 2.75) is 84.5 Å². The Morgan fingerprint density at radius 2 is 1.97 bits per heavy atom. The Morgan fingerprint density at radius 1 is 1.24 bits per heavy atom. The standard InChI is InChI=1S/C25H34NO3/c1-17(2)10-8-11-18(3)12-9-15-25(5,27)23-16-21-20-13-6-7-14-22(20)26(28)19(4)24(21)29-23/h6-7,10,12-14,19,23,27H,8-9,11,15-16H2,1-5H3/q-1. The predicted molar refractivity (Wildman–Crippen MR) is 120 cm³/mol. The van der Waals surface area contributed by atoms with Crippen molar-refractivity contribution in [2.24, 2.45) is 0 Å². The van der Waals surface area contributed by atoms with E-state index < -0.39 is 5.60 Å². The van der Waals surface area contributed by atoms with Crippen LogP contribution in [0.2, 0.25) is 0 Å². The second-order valence-electron chi connectivity index (χ2n) is 8.94. The van der Waals surface area contributed by atoms with E-state index >= 15 is 0 Å². The Bertz CT molecular complexity index is 830. The van der Waals surface area contributed by atoms with Gasteiger partial charge in [-0.25, -0.2) is 0 Å². The van der Waals surface area contributed by atoms with Crippen molar-refractivity contribution in [3.05, 3.63) is 64.1 Å². The van der Waals surface area contributed by atoms with Gasteiger partial charge in [0.05, 0.1) is 11.6 Å². The zero-order valence-electron chi connectivity index (χ0n) is 18.4. The number of hydrogen-bond donors (Lipinski definition) is 1. The van der Waals surface area contributed by atoms with E-state index in [2.05, 4.69) is 32.9 Å². The molecule has 4 heteroatoms. The SMILES string of the molecule is CC(C)=CCCC(C)=CCCC(C)(O)C1CC2=C(O1)C(C)N([O-])c1ccccc12. The first-order valence-electron chi connectivity index (χ1n) is 10.7. The molecule has 2 heterocycles. The molecule has 1 aromatic carbocycles. The molecule has 29 heavy (non-hydrogen) atoms. The molecule has 3 unspecified atom stereocenters. The Kier molecular flexibility index (Phi) is 6.55. The number of fused-ring (bicyclic) bond motifs is 2. The first-order chi connectivity index (χ1) is 13.7. The van der Waals surface area contributed by atoms with Crippen molar-refractivity contribution in [1.82, 2.24) is 0 Å². The van der Waals surface area contributed by atoms with Crippen LogP contribution < -0.4 is 5.06 Å². The third-order valence-electron chi connectivity index (χ3n) is 6.08. The summed E-state index contributed by atoms with van der Waals surface area (Å²) in [6.45, 7) is 10.1. The van der Waals surface area contributed by atoms with Crippen LogP contribution in [0.1, 0.15) is 72.3 Å². The van der Waals surface area contributed by atoms with Crippen LogP contribution in [0.25, 0.3) is 5.57 Å². The number of aliphatic hydroxyl groups is 1. The molecule has 3 atom stereocenters. The molecular weight excluding hydrogens is 362 g/mol. The van der Waals surface area contributed by atoms with Crippen molar-refractivity contribution in [2.75, 3.05) is 5.06 Å². The van der Waals surface area contributed by atoms with Gasteiger partial charge in [-0.05, 0) is 66.4 Å². The summed E-state index contributed by atoms with van der Waals surface area (Å²) in [6, 6.07) is 7.30. The van der Waals surface area contributed by atoms with Crippen LogP contribution in [0, 0.1) is 5.21 Å². The van der Waals surface area contributed by atoms with E-state index in [-0.39, 0.29) is 12.1 Å². The molecule has 2 aliphatic heterocycles. The number of nitrogens with zero attached hydrogens (tertiary/aromatic N) is 1. The lowest BCUT2D eigenvalue weighted by atomic mass is 9.87. The highest BCUT2D eigenvalue weighted by molar-refractivity contribution is 5.84. The lowest BCUT2D eigenvalue weighted by Crippen LogP contribution is -2.40. The van der Waals surface area contributed by atoms with E-state index in [9.17, 15) is 10.3 Å². The molecule has 0 fully saturated rings. The molecule has 0 aromatic heterocycles. The first kappa shape index (κ1) is 21.7. The number of allylic oxidation sites excluding steroid dienone is 4. The predicted octanol–water partition coefficient (Wildman–Crippen LogP) is 6.12. The molecule has 0 bridgehead atoms. The number of ether oxygens (including phenoxy) is 1. The van der Waals surface area contributed by atoms with E-state index in [0.717, 1.165) is 41.2 Å². The molecular formula is C25H34NO3-. The van der Waals surface area contributed by atoms with Gasteiger partial charge in [0.15, 0.2) is 0 Å². The molecule has 1 aromatic rings. The summed E-state index contributed by atoms with van der Waals surface area (Å²) >= 11 is 0. The van der Waals surface area contributed by atoms with Gasteiger partial charge in [-0.1, -0.05) is 41.5 Å². The second-order valence-corrected chi connectivity index (χ2v) is 8.94. The molecule has 0 aliphatic carbocycles. The topological polar surface area (TPSA) is 55.8 Å². The molecule has 158 valence electrons. The molecule has 0 amide bonds. The lowest BCUT2D eigenvalue weighted by molar-refractivity contribution is -0.0701. The molecule has 0 radical (unpaired) electrons. The third-order valence-corrected chi connectivity index (χ3v) is 6.08. The quantitative estimate of drug-likeness (QED) is 0.564. The fraction of sp³-hybridized carbons (Fsp3) is 0.520. The largest absolute Gasteiger partial charge is 0.758 e. The van der Waals surface area contributed by atoms with E-state index in [1.165, 1.54) is 11.1 Å². The van der Waals surface area contributed by atoms with Crippen LogP contribution >= 0.6 is 0 Å². The van der Waals surface area contributed by atoms with Crippen molar-refractivity contribution in [3.63, 3.8) is 0 Å². The van der Waals surface area contributed by atoms with Gasteiger partial charge >= 0.3 is 0 Å². The van der Waals surface area contributed by atoms with Crippen LogP contribution in [0.3, 0.4) is 0 Å². The average Bonchev–Trinajstić information content (AvgIpc) is 3.12. The summed E-state index contributed by atoms with van der Waals surface area (Å²) in [5.74, 6) is 0.720. The second kappa shape index (κ2) is 8.76. The highest BCUT2D eigenvalue weighted by Crippen LogP contribution is 2.47. The number of hydroxylamine groups is 1. The first-order valence-corrected chi connectivity index (χ1v) is 10.7. The average molecular weight is 397 g/mol. The minimum Gasteiger partial charge on any atom is -0.758 e. The number of para-hydroxylation sites is 1. The number of rotatable bonds is 7. The van der Waals surface area contributed by atoms with Crippen molar-refractivity contribution < 1.29 is 9.84 Å². The monoisotopic (exact) mass is 396 g/mol. The van der Waals surface area contributed by atoms with Crippen molar-refractivity contribution in [1.29, 1.82) is 0 Å². The van der Waals surface area contributed by atoms with Gasteiger partial charge in [0.2, 0.25) is 0 Å². The van der Waals surface area contributed by atoms with Gasteiger partial charge in [0, 0.05) is 23.2 Å². The molecule has 0 spiro atoms. The number of hydrogen-bond acceptors (Lipinski definition) is 4. The van der Waals surface area contributed by atoms with Crippen LogP contribution in [0.4, 0.5) is 5.69 Å². The molecule has 0 saturated heterocycles. The maximum atomic E-state index is 12.6. The van der Waals surface area contributed by atoms with Gasteiger partial charge in [-0.2, -0.15) is 0 Å². The zero-order valence-corrected chi connectivity index (χ0v) is 18.4. The molecule has 2 aliphatic rings. The van der Waals surface area contributed by atoms with Gasteiger partial charge in [-0.3, -0.25) is 0 Å². The van der Waals surface area contributed by atoms with E-state index in [1.807, 2.05) is 38.1 Å². The summed E-state index contributed by atoms with van der Waals surface area (Å²) in [7, 11) is 0. The molecule has 3 rings (SSSR count). The fourth-order valence-electron chi connectivity index (χ4n) is 4.19. The van der Waals surface area contributed by atoms with Crippen molar-refractivity contribution >= 4 is 11.3 Å².